The number of ether oxygens (including phenoxy) is 2. The van der Waals surface area contributed by atoms with Crippen LogP contribution in [0.1, 0.15) is 91.1 Å². The van der Waals surface area contributed by atoms with Gasteiger partial charge in [-0.1, -0.05) is 36.4 Å². The van der Waals surface area contributed by atoms with E-state index in [1.165, 1.54) is 11.1 Å². The molecule has 0 bridgehead atoms. The zero-order valence-electron chi connectivity index (χ0n) is 24.4. The minimum atomic E-state index is -0.534. The molecule has 1 aliphatic carbocycles. The van der Waals surface area contributed by atoms with E-state index < -0.39 is 5.60 Å². The predicted molar refractivity (Wildman–Crippen MR) is 156 cm³/mol. The van der Waals surface area contributed by atoms with E-state index in [0.717, 1.165) is 64.6 Å². The van der Waals surface area contributed by atoms with Crippen molar-refractivity contribution in [2.24, 2.45) is 5.92 Å². The van der Waals surface area contributed by atoms with Gasteiger partial charge in [0.25, 0.3) is 0 Å². The molecule has 4 rings (SSSR count). The van der Waals surface area contributed by atoms with Gasteiger partial charge in [-0.05, 0) is 109 Å². The fourth-order valence-electron chi connectivity index (χ4n) is 5.57. The van der Waals surface area contributed by atoms with Gasteiger partial charge >= 0.3 is 12.1 Å². The average molecular weight is 549 g/mol. The summed E-state index contributed by atoms with van der Waals surface area (Å²) in [6.07, 6.45) is 5.75. The molecule has 2 unspecified atom stereocenters. The van der Waals surface area contributed by atoms with Crippen LogP contribution < -0.4 is 0 Å². The second-order valence-electron chi connectivity index (χ2n) is 12.1. The highest BCUT2D eigenvalue weighted by Gasteiger charge is 2.46. The molecular weight excluding hydrogens is 504 g/mol. The number of esters is 1. The van der Waals surface area contributed by atoms with E-state index in [9.17, 15) is 14.4 Å². The molecule has 1 heterocycles. The smallest absolute Gasteiger partial charge is 0.410 e. The van der Waals surface area contributed by atoms with Crippen LogP contribution in [0.25, 0.3) is 0 Å². The van der Waals surface area contributed by atoms with Gasteiger partial charge < -0.3 is 19.3 Å². The molecule has 2 aromatic rings. The fourth-order valence-corrected chi connectivity index (χ4v) is 5.57. The molecular formula is C33H44N2O5. The molecule has 216 valence electrons. The van der Waals surface area contributed by atoms with Crippen molar-refractivity contribution < 1.29 is 23.9 Å². The van der Waals surface area contributed by atoms with Crippen molar-refractivity contribution in [2.45, 2.75) is 77.4 Å². The van der Waals surface area contributed by atoms with Gasteiger partial charge in [0.05, 0.1) is 12.2 Å². The molecule has 2 atom stereocenters. The molecule has 1 saturated carbocycles. The number of amides is 1. The fraction of sp³-hybridized carbons (Fsp3) is 0.545. The van der Waals surface area contributed by atoms with E-state index in [1.54, 1.807) is 0 Å². The Labute approximate surface area is 238 Å². The van der Waals surface area contributed by atoms with Crippen molar-refractivity contribution in [1.29, 1.82) is 0 Å². The monoisotopic (exact) mass is 548 g/mol. The van der Waals surface area contributed by atoms with Crippen molar-refractivity contribution in [3.05, 3.63) is 70.8 Å². The summed E-state index contributed by atoms with van der Waals surface area (Å²) in [6.45, 7) is 11.8. The van der Waals surface area contributed by atoms with E-state index >= 15 is 0 Å². The maximum atomic E-state index is 13.2. The van der Waals surface area contributed by atoms with Crippen molar-refractivity contribution in [3.63, 3.8) is 0 Å². The minimum Gasteiger partial charge on any atom is -0.462 e. The van der Waals surface area contributed by atoms with Gasteiger partial charge in [0.1, 0.15) is 11.9 Å². The van der Waals surface area contributed by atoms with Gasteiger partial charge in [0.15, 0.2) is 0 Å². The number of carbonyl (C=O) groups excluding carboxylic acids is 3. The summed E-state index contributed by atoms with van der Waals surface area (Å²) in [6, 6.07) is 15.6. The van der Waals surface area contributed by atoms with Crippen LogP contribution >= 0.6 is 0 Å². The molecule has 40 heavy (non-hydrogen) atoms. The minimum absolute atomic E-state index is 0.144. The first-order valence-corrected chi connectivity index (χ1v) is 14.7. The van der Waals surface area contributed by atoms with Gasteiger partial charge in [-0.25, -0.2) is 9.59 Å². The molecule has 0 N–H and O–H groups in total. The van der Waals surface area contributed by atoms with Crippen molar-refractivity contribution in [1.82, 2.24) is 9.80 Å². The largest absolute Gasteiger partial charge is 0.462 e. The van der Waals surface area contributed by atoms with Gasteiger partial charge in [0, 0.05) is 24.1 Å². The molecule has 1 aliphatic heterocycles. The maximum Gasteiger partial charge on any atom is 0.410 e. The van der Waals surface area contributed by atoms with E-state index in [1.807, 2.05) is 81.1 Å². The number of rotatable bonds is 11. The zero-order valence-corrected chi connectivity index (χ0v) is 24.4. The summed E-state index contributed by atoms with van der Waals surface area (Å²) in [4.78, 5) is 40.6. The topological polar surface area (TPSA) is 76.2 Å². The van der Waals surface area contributed by atoms with E-state index in [-0.39, 0.29) is 18.1 Å². The third-order valence-electron chi connectivity index (χ3n) is 7.85. The predicted octanol–water partition coefficient (Wildman–Crippen LogP) is 6.11. The van der Waals surface area contributed by atoms with Crippen molar-refractivity contribution >= 4 is 18.3 Å². The van der Waals surface area contributed by atoms with Crippen LogP contribution in [-0.2, 0) is 15.9 Å². The number of aryl methyl sites for hydroxylation is 1. The molecule has 7 heteroatoms. The molecule has 1 saturated heterocycles. The summed E-state index contributed by atoms with van der Waals surface area (Å²) in [5.74, 6) is 0.477. The average Bonchev–Trinajstić information content (AvgIpc) is 3.73. The Kier molecular flexibility index (Phi) is 10.0. The number of hydrogen-bond donors (Lipinski definition) is 0. The van der Waals surface area contributed by atoms with Gasteiger partial charge in [0.2, 0.25) is 0 Å². The SMILES string of the molecule is CCOC(=O)c1ccc(CCCN2CCC(CN(C(=O)OC(C)(C)C)C3CC3c3ccc(C=O)cc3)CC2)cc1. The summed E-state index contributed by atoms with van der Waals surface area (Å²) in [5.41, 5.74) is 3.14. The van der Waals surface area contributed by atoms with Gasteiger partial charge in [-0.3, -0.25) is 4.79 Å². The standard InChI is InChI=1S/C33H44N2O5/c1-5-39-31(37)28-14-8-24(9-15-28)7-6-18-34-19-16-25(17-20-34)22-35(32(38)40-33(2,3)4)30-21-29(30)27-12-10-26(23-36)11-13-27/h8-15,23,25,29-30H,5-7,16-22H2,1-4H3. The maximum absolute atomic E-state index is 13.2. The molecule has 0 spiro atoms. The van der Waals surface area contributed by atoms with Crippen LogP contribution in [0.4, 0.5) is 4.79 Å². The number of hydrogen-bond acceptors (Lipinski definition) is 6. The van der Waals surface area contributed by atoms with Crippen LogP contribution in [0.2, 0.25) is 0 Å². The summed E-state index contributed by atoms with van der Waals surface area (Å²) >= 11 is 0. The number of carbonyl (C=O) groups is 3. The number of likely N-dealkylation sites (tertiary alicyclic amines) is 1. The Morgan fingerprint density at radius 1 is 1.02 bits per heavy atom. The summed E-state index contributed by atoms with van der Waals surface area (Å²) in [7, 11) is 0. The highest BCUT2D eigenvalue weighted by Crippen LogP contribution is 2.45. The Balaban J connectivity index is 1.25. The zero-order chi connectivity index (χ0) is 28.7. The Bertz CT molecular complexity index is 1130. The highest BCUT2D eigenvalue weighted by molar-refractivity contribution is 5.89. The third-order valence-corrected chi connectivity index (χ3v) is 7.85. The Morgan fingerprint density at radius 2 is 1.70 bits per heavy atom. The number of nitrogens with zero attached hydrogens (tertiary/aromatic N) is 2. The van der Waals surface area contributed by atoms with Crippen LogP contribution in [0.5, 0.6) is 0 Å². The second kappa shape index (κ2) is 13.4. The molecule has 2 aromatic carbocycles. The molecule has 0 aromatic heterocycles. The lowest BCUT2D eigenvalue weighted by Crippen LogP contribution is -2.44. The van der Waals surface area contributed by atoms with Crippen molar-refractivity contribution in [3.8, 4) is 0 Å². The lowest BCUT2D eigenvalue weighted by molar-refractivity contribution is 0.0171. The number of piperidine rings is 1. The lowest BCUT2D eigenvalue weighted by atomic mass is 9.95. The molecule has 7 nitrogen and oxygen atoms in total. The first kappa shape index (κ1) is 29.8. The first-order chi connectivity index (χ1) is 19.2. The molecule has 2 aliphatic rings. The lowest BCUT2D eigenvalue weighted by Gasteiger charge is -2.36. The van der Waals surface area contributed by atoms with Crippen LogP contribution in [0.15, 0.2) is 48.5 Å². The van der Waals surface area contributed by atoms with Crippen LogP contribution in [-0.4, -0.2) is 72.6 Å². The number of aldehydes is 1. The Morgan fingerprint density at radius 3 is 2.30 bits per heavy atom. The van der Waals surface area contributed by atoms with E-state index in [4.69, 9.17) is 9.47 Å². The number of benzene rings is 2. The van der Waals surface area contributed by atoms with Gasteiger partial charge in [-0.2, -0.15) is 0 Å². The summed E-state index contributed by atoms with van der Waals surface area (Å²) in [5, 5.41) is 0. The van der Waals surface area contributed by atoms with Crippen molar-refractivity contribution in [2.75, 3.05) is 32.8 Å². The van der Waals surface area contributed by atoms with Gasteiger partial charge in [-0.15, -0.1) is 0 Å². The normalized spacial score (nSPS) is 19.6. The van der Waals surface area contributed by atoms with E-state index in [0.29, 0.717) is 29.6 Å². The Hall–Kier alpha value is -3.19. The third kappa shape index (κ3) is 8.40. The quantitative estimate of drug-likeness (QED) is 0.249. The molecule has 1 amide bonds. The molecule has 0 radical (unpaired) electrons. The second-order valence-corrected chi connectivity index (χ2v) is 12.1. The summed E-state index contributed by atoms with van der Waals surface area (Å²) < 4.78 is 10.9. The van der Waals surface area contributed by atoms with Crippen LogP contribution in [0, 0.1) is 5.92 Å². The molecule has 2 fully saturated rings. The first-order valence-electron chi connectivity index (χ1n) is 14.7. The van der Waals surface area contributed by atoms with E-state index in [2.05, 4.69) is 4.90 Å². The highest BCUT2D eigenvalue weighted by atomic mass is 16.6. The van der Waals surface area contributed by atoms with Crippen LogP contribution in [0.3, 0.4) is 0 Å².